The van der Waals surface area contributed by atoms with E-state index in [9.17, 15) is 8.78 Å². The van der Waals surface area contributed by atoms with Gasteiger partial charge in [0.1, 0.15) is 0 Å². The molecule has 0 fully saturated rings. The summed E-state index contributed by atoms with van der Waals surface area (Å²) in [6, 6.07) is 12.6. The number of nitrogens with one attached hydrogen (secondary N) is 1. The van der Waals surface area contributed by atoms with Crippen LogP contribution >= 0.6 is 24.0 Å². The molecule has 0 atom stereocenters. The molecule has 0 saturated heterocycles. The monoisotopic (exact) mass is 353 g/mol. The maximum Gasteiger partial charge on any atom is 0.288 e. The first-order chi connectivity index (χ1) is 11.0. The Kier molecular flexibility index (Phi) is 6.73. The largest absolute Gasteiger partial charge is 0.352 e. The van der Waals surface area contributed by atoms with Crippen LogP contribution in [0.4, 0.5) is 14.5 Å². The Morgan fingerprint density at radius 2 is 2.00 bits per heavy atom. The molecular formula is C16H17F2N3S2. The lowest BCUT2D eigenvalue weighted by Crippen LogP contribution is -2.32. The van der Waals surface area contributed by atoms with Crippen LogP contribution in [0.15, 0.2) is 53.6 Å². The molecule has 0 aliphatic rings. The Bertz CT molecular complexity index is 621. The highest BCUT2D eigenvalue weighted by atomic mass is 32.2. The van der Waals surface area contributed by atoms with E-state index in [2.05, 4.69) is 10.3 Å². The van der Waals surface area contributed by atoms with Gasteiger partial charge in [-0.3, -0.25) is 4.98 Å². The Balaban J connectivity index is 1.83. The number of rotatable bonds is 6. The van der Waals surface area contributed by atoms with Gasteiger partial charge in [0.15, 0.2) is 5.11 Å². The zero-order valence-corrected chi connectivity index (χ0v) is 14.2. The van der Waals surface area contributed by atoms with Crippen molar-refractivity contribution in [3.05, 3.63) is 54.4 Å². The molecule has 122 valence electrons. The maximum absolute atomic E-state index is 12.3. The molecule has 1 N–H and O–H groups in total. The van der Waals surface area contributed by atoms with Gasteiger partial charge >= 0.3 is 0 Å². The number of likely N-dealkylation sites (N-methyl/N-ethyl adjacent to an activating group) is 1. The van der Waals surface area contributed by atoms with E-state index in [1.807, 2.05) is 30.1 Å². The molecule has 7 heteroatoms. The minimum absolute atomic E-state index is 0.527. The lowest BCUT2D eigenvalue weighted by Gasteiger charge is -2.21. The third-order valence-electron chi connectivity index (χ3n) is 3.11. The van der Waals surface area contributed by atoms with Crippen molar-refractivity contribution in [3.8, 4) is 0 Å². The van der Waals surface area contributed by atoms with Gasteiger partial charge < -0.3 is 10.2 Å². The smallest absolute Gasteiger partial charge is 0.288 e. The predicted octanol–water partition coefficient (Wildman–Crippen LogP) is 4.27. The highest BCUT2D eigenvalue weighted by Gasteiger charge is 2.07. The van der Waals surface area contributed by atoms with Gasteiger partial charge in [-0.1, -0.05) is 17.8 Å². The average Bonchev–Trinajstić information content (AvgIpc) is 2.55. The second kappa shape index (κ2) is 8.79. The van der Waals surface area contributed by atoms with Crippen molar-refractivity contribution < 1.29 is 8.78 Å². The topological polar surface area (TPSA) is 28.2 Å². The zero-order chi connectivity index (χ0) is 16.7. The molecule has 0 saturated carbocycles. The predicted molar refractivity (Wildman–Crippen MR) is 95.1 cm³/mol. The maximum atomic E-state index is 12.3. The van der Waals surface area contributed by atoms with E-state index in [-0.39, 0.29) is 0 Å². The number of anilines is 1. The number of pyridine rings is 1. The molecule has 1 heterocycles. The van der Waals surface area contributed by atoms with Gasteiger partial charge in [0.2, 0.25) is 0 Å². The lowest BCUT2D eigenvalue weighted by atomic mass is 10.2. The summed E-state index contributed by atoms with van der Waals surface area (Å²) in [6.45, 7) is 0.738. The fourth-order valence-corrected chi connectivity index (χ4v) is 2.58. The van der Waals surface area contributed by atoms with E-state index < -0.39 is 5.76 Å². The van der Waals surface area contributed by atoms with Crippen molar-refractivity contribution in [2.45, 2.75) is 17.1 Å². The van der Waals surface area contributed by atoms with E-state index in [0.717, 1.165) is 24.3 Å². The van der Waals surface area contributed by atoms with E-state index in [1.54, 1.807) is 30.5 Å². The number of hydrogen-bond donors (Lipinski definition) is 1. The second-order valence-corrected chi connectivity index (χ2v) is 6.28. The Labute approximate surface area is 144 Å². The number of aromatic nitrogens is 1. The van der Waals surface area contributed by atoms with Crippen LogP contribution < -0.4 is 5.32 Å². The number of alkyl halides is 2. The quantitative estimate of drug-likeness (QED) is 0.619. The number of thioether (sulfide) groups is 1. The fourth-order valence-electron chi connectivity index (χ4n) is 1.87. The molecule has 2 aromatic rings. The van der Waals surface area contributed by atoms with Crippen molar-refractivity contribution in [1.29, 1.82) is 0 Å². The third kappa shape index (κ3) is 6.11. The van der Waals surface area contributed by atoms with Crippen LogP contribution in [0, 0.1) is 0 Å². The molecule has 0 amide bonds. The highest BCUT2D eigenvalue weighted by Crippen LogP contribution is 2.26. The molecule has 1 aromatic heterocycles. The number of thiocarbonyl (C=S) groups is 1. The molecule has 3 nitrogen and oxygen atoms in total. The highest BCUT2D eigenvalue weighted by molar-refractivity contribution is 7.99. The molecule has 0 aliphatic heterocycles. The average molecular weight is 353 g/mol. The molecular weight excluding hydrogens is 336 g/mol. The van der Waals surface area contributed by atoms with Gasteiger partial charge in [0, 0.05) is 42.5 Å². The van der Waals surface area contributed by atoms with Gasteiger partial charge in [-0.2, -0.15) is 8.78 Å². The first kappa shape index (κ1) is 17.6. The molecule has 0 aliphatic carbocycles. The minimum Gasteiger partial charge on any atom is -0.352 e. The summed E-state index contributed by atoms with van der Waals surface area (Å²) >= 11 is 5.87. The Morgan fingerprint density at radius 3 is 2.61 bits per heavy atom. The van der Waals surface area contributed by atoms with Crippen molar-refractivity contribution in [2.75, 3.05) is 18.9 Å². The molecule has 0 radical (unpaired) electrons. The summed E-state index contributed by atoms with van der Waals surface area (Å²) in [5.74, 6) is -2.41. The van der Waals surface area contributed by atoms with Gasteiger partial charge in [0.25, 0.3) is 5.76 Å². The van der Waals surface area contributed by atoms with Crippen LogP contribution in [-0.4, -0.2) is 34.3 Å². The van der Waals surface area contributed by atoms with Crippen molar-refractivity contribution in [3.63, 3.8) is 0 Å². The van der Waals surface area contributed by atoms with Gasteiger partial charge in [0.05, 0.1) is 0 Å². The van der Waals surface area contributed by atoms with Crippen LogP contribution in [0.3, 0.4) is 0 Å². The zero-order valence-electron chi connectivity index (χ0n) is 12.6. The summed E-state index contributed by atoms with van der Waals surface area (Å²) in [4.78, 5) is 6.72. The van der Waals surface area contributed by atoms with Crippen molar-refractivity contribution in [1.82, 2.24) is 9.88 Å². The molecule has 0 bridgehead atoms. The van der Waals surface area contributed by atoms with Gasteiger partial charge in [-0.25, -0.2) is 0 Å². The normalized spacial score (nSPS) is 10.6. The SMILES string of the molecule is CN(CCc1ccccn1)C(=S)Nc1ccc(SC(F)F)cc1. The summed E-state index contributed by atoms with van der Waals surface area (Å²) in [5, 5.41) is 3.68. The Hall–Kier alpha value is -1.73. The minimum atomic E-state index is -2.41. The number of halogens is 2. The second-order valence-electron chi connectivity index (χ2n) is 4.83. The van der Waals surface area contributed by atoms with E-state index in [0.29, 0.717) is 21.8 Å². The Morgan fingerprint density at radius 1 is 1.26 bits per heavy atom. The first-order valence-corrected chi connectivity index (χ1v) is 8.30. The molecule has 23 heavy (non-hydrogen) atoms. The molecule has 1 aromatic carbocycles. The standard InChI is InChI=1S/C16H17F2N3S2/c1-21(11-9-12-4-2-3-10-19-12)16(22)20-13-5-7-14(8-6-13)23-15(17)18/h2-8,10,15H,9,11H2,1H3,(H,20,22). The summed E-state index contributed by atoms with van der Waals surface area (Å²) < 4.78 is 24.6. The first-order valence-electron chi connectivity index (χ1n) is 7.01. The van der Waals surface area contributed by atoms with Gasteiger partial charge in [-0.05, 0) is 48.6 Å². The third-order valence-corrected chi connectivity index (χ3v) is 4.24. The summed E-state index contributed by atoms with van der Waals surface area (Å²) in [6.07, 6.45) is 2.56. The molecule has 2 rings (SSSR count). The van der Waals surface area contributed by atoms with Crippen LogP contribution in [0.1, 0.15) is 5.69 Å². The van der Waals surface area contributed by atoms with E-state index in [4.69, 9.17) is 12.2 Å². The van der Waals surface area contributed by atoms with Crippen LogP contribution in [-0.2, 0) is 6.42 Å². The van der Waals surface area contributed by atoms with Gasteiger partial charge in [-0.15, -0.1) is 0 Å². The molecule has 0 spiro atoms. The number of hydrogen-bond acceptors (Lipinski definition) is 3. The summed E-state index contributed by atoms with van der Waals surface area (Å²) in [5.41, 5.74) is 1.79. The van der Waals surface area contributed by atoms with E-state index >= 15 is 0 Å². The number of nitrogens with zero attached hydrogens (tertiary/aromatic N) is 2. The van der Waals surface area contributed by atoms with Crippen LogP contribution in [0.25, 0.3) is 0 Å². The lowest BCUT2D eigenvalue weighted by molar-refractivity contribution is 0.252. The van der Waals surface area contributed by atoms with Crippen LogP contribution in [0.2, 0.25) is 0 Å². The molecule has 0 unspecified atom stereocenters. The van der Waals surface area contributed by atoms with E-state index in [1.165, 1.54) is 0 Å². The number of benzene rings is 1. The fraction of sp³-hybridized carbons (Fsp3) is 0.250. The van der Waals surface area contributed by atoms with Crippen LogP contribution in [0.5, 0.6) is 0 Å². The van der Waals surface area contributed by atoms with Crippen molar-refractivity contribution in [2.24, 2.45) is 0 Å². The van der Waals surface area contributed by atoms with Crippen molar-refractivity contribution >= 4 is 34.8 Å². The summed E-state index contributed by atoms with van der Waals surface area (Å²) in [7, 11) is 1.90.